The van der Waals surface area contributed by atoms with Crippen molar-refractivity contribution in [3.8, 4) is 11.5 Å². The van der Waals surface area contributed by atoms with E-state index in [1.807, 2.05) is 0 Å². The predicted molar refractivity (Wildman–Crippen MR) is 108 cm³/mol. The van der Waals surface area contributed by atoms with Gasteiger partial charge in [0.15, 0.2) is 11.5 Å². The largest absolute Gasteiger partial charge is 0.493 e. The molecule has 1 aliphatic rings. The van der Waals surface area contributed by atoms with Gasteiger partial charge in [0.2, 0.25) is 0 Å². The number of hydrogen-bond acceptors (Lipinski definition) is 5. The molecule has 2 amide bonds. The van der Waals surface area contributed by atoms with E-state index in [0.717, 1.165) is 16.7 Å². The Morgan fingerprint density at radius 3 is 2.56 bits per heavy atom. The van der Waals surface area contributed by atoms with Gasteiger partial charge in [-0.3, -0.25) is 14.5 Å². The number of hydrogen-bond donors (Lipinski definition) is 0. The van der Waals surface area contributed by atoms with Crippen LogP contribution in [-0.4, -0.2) is 30.3 Å². The van der Waals surface area contributed by atoms with Crippen molar-refractivity contribution >= 4 is 52.2 Å². The molecule has 1 aliphatic heterocycles. The topological polar surface area (TPSA) is 55.8 Å². The zero-order chi connectivity index (χ0) is 19.6. The summed E-state index contributed by atoms with van der Waals surface area (Å²) in [5, 5.41) is 0.530. The Hall–Kier alpha value is -2.15. The van der Waals surface area contributed by atoms with E-state index in [0.29, 0.717) is 37.6 Å². The van der Waals surface area contributed by atoms with E-state index in [2.05, 4.69) is 0 Å². The molecule has 27 heavy (non-hydrogen) atoms. The average molecular weight is 424 g/mol. The Bertz CT molecular complexity index is 945. The third-order valence-electron chi connectivity index (χ3n) is 3.94. The Morgan fingerprint density at radius 2 is 1.89 bits per heavy atom. The summed E-state index contributed by atoms with van der Waals surface area (Å²) in [6.45, 7) is 0.0766. The zero-order valence-corrected chi connectivity index (χ0v) is 16.8. The summed E-state index contributed by atoms with van der Waals surface area (Å²) >= 11 is 12.9. The average Bonchev–Trinajstić information content (AvgIpc) is 2.90. The summed E-state index contributed by atoms with van der Waals surface area (Å²) < 4.78 is 10.6. The molecule has 2 aromatic rings. The van der Waals surface area contributed by atoms with Crippen LogP contribution in [0, 0.1) is 0 Å². The lowest BCUT2D eigenvalue weighted by molar-refractivity contribution is -0.123. The number of carbonyl (C=O) groups excluding carboxylic acids is 2. The first-order chi connectivity index (χ1) is 12.9. The first-order valence-corrected chi connectivity index (χ1v) is 9.42. The minimum atomic E-state index is -0.388. The number of nitrogens with zero attached hydrogens (tertiary/aromatic N) is 1. The number of benzene rings is 2. The van der Waals surface area contributed by atoms with E-state index < -0.39 is 0 Å². The molecule has 0 unspecified atom stereocenters. The minimum absolute atomic E-state index is 0.0766. The molecule has 1 fully saturated rings. The van der Waals surface area contributed by atoms with Crippen LogP contribution in [0.4, 0.5) is 4.79 Å². The van der Waals surface area contributed by atoms with Gasteiger partial charge in [0, 0.05) is 15.6 Å². The van der Waals surface area contributed by atoms with E-state index in [-0.39, 0.29) is 17.7 Å². The van der Waals surface area contributed by atoms with E-state index in [4.69, 9.17) is 32.7 Å². The van der Waals surface area contributed by atoms with Gasteiger partial charge in [0.05, 0.1) is 25.7 Å². The molecule has 0 N–H and O–H groups in total. The maximum atomic E-state index is 12.7. The van der Waals surface area contributed by atoms with Crippen LogP contribution in [0.25, 0.3) is 6.08 Å². The fraction of sp³-hybridized carbons (Fsp3) is 0.158. The minimum Gasteiger partial charge on any atom is -0.493 e. The van der Waals surface area contributed by atoms with Crippen molar-refractivity contribution in [2.75, 3.05) is 14.2 Å². The third-order valence-corrected chi connectivity index (χ3v) is 5.43. The number of thioether (sulfide) groups is 1. The summed E-state index contributed by atoms with van der Waals surface area (Å²) in [7, 11) is 3.05. The molecule has 0 spiro atoms. The van der Waals surface area contributed by atoms with Gasteiger partial charge in [-0.2, -0.15) is 0 Å². The molecule has 0 saturated carbocycles. The Morgan fingerprint density at radius 1 is 1.11 bits per heavy atom. The van der Waals surface area contributed by atoms with Crippen LogP contribution < -0.4 is 9.47 Å². The van der Waals surface area contributed by atoms with Crippen LogP contribution in [0.5, 0.6) is 11.5 Å². The molecule has 8 heteroatoms. The van der Waals surface area contributed by atoms with Crippen molar-refractivity contribution in [1.29, 1.82) is 0 Å². The van der Waals surface area contributed by atoms with Crippen LogP contribution in [0.3, 0.4) is 0 Å². The molecule has 0 bridgehead atoms. The number of ether oxygens (including phenoxy) is 2. The summed E-state index contributed by atoms with van der Waals surface area (Å²) in [5.74, 6) is 0.645. The maximum absolute atomic E-state index is 12.7. The van der Waals surface area contributed by atoms with E-state index >= 15 is 0 Å². The molecule has 0 atom stereocenters. The van der Waals surface area contributed by atoms with Crippen molar-refractivity contribution < 1.29 is 19.1 Å². The van der Waals surface area contributed by atoms with Gasteiger partial charge < -0.3 is 9.47 Å². The number of methoxy groups -OCH3 is 2. The zero-order valence-electron chi connectivity index (χ0n) is 14.5. The highest BCUT2D eigenvalue weighted by Crippen LogP contribution is 2.38. The van der Waals surface area contributed by atoms with Gasteiger partial charge in [-0.05, 0) is 41.6 Å². The first-order valence-electron chi connectivity index (χ1n) is 7.85. The highest BCUT2D eigenvalue weighted by molar-refractivity contribution is 8.18. The van der Waals surface area contributed by atoms with Crippen LogP contribution in [0.1, 0.15) is 11.1 Å². The molecule has 1 saturated heterocycles. The second-order valence-electron chi connectivity index (χ2n) is 5.59. The number of rotatable bonds is 5. The SMILES string of the molecule is COc1cccc(/C=C2/SC(=O)N(Cc3ccc(Cl)cc3Cl)C2=O)c1OC. The normalized spacial score (nSPS) is 15.6. The lowest BCUT2D eigenvalue weighted by atomic mass is 10.1. The molecule has 0 aliphatic carbocycles. The van der Waals surface area contributed by atoms with Crippen molar-refractivity contribution in [3.63, 3.8) is 0 Å². The predicted octanol–water partition coefficient (Wildman–Crippen LogP) is 5.25. The molecule has 1 heterocycles. The van der Waals surface area contributed by atoms with Crippen LogP contribution >= 0.6 is 35.0 Å². The van der Waals surface area contributed by atoms with Gasteiger partial charge in [-0.25, -0.2) is 0 Å². The van der Waals surface area contributed by atoms with E-state index in [1.165, 1.54) is 14.2 Å². The Balaban J connectivity index is 1.89. The van der Waals surface area contributed by atoms with Gasteiger partial charge in [-0.1, -0.05) is 41.4 Å². The Labute approximate surface area is 170 Å². The lowest BCUT2D eigenvalue weighted by Crippen LogP contribution is -2.27. The number of halogens is 2. The Kier molecular flexibility index (Phi) is 5.99. The molecule has 140 valence electrons. The second kappa shape index (κ2) is 8.25. The van der Waals surface area contributed by atoms with Crippen molar-refractivity contribution in [2.24, 2.45) is 0 Å². The van der Waals surface area contributed by atoms with Crippen LogP contribution in [0.2, 0.25) is 10.0 Å². The molecule has 3 rings (SSSR count). The highest BCUT2D eigenvalue weighted by atomic mass is 35.5. The van der Waals surface area contributed by atoms with Crippen molar-refractivity contribution in [1.82, 2.24) is 4.90 Å². The number of para-hydroxylation sites is 1. The molecule has 0 radical (unpaired) electrons. The first kappa shape index (κ1) is 19.6. The van der Waals surface area contributed by atoms with Gasteiger partial charge in [0.1, 0.15) is 0 Å². The van der Waals surface area contributed by atoms with Gasteiger partial charge in [-0.15, -0.1) is 0 Å². The maximum Gasteiger partial charge on any atom is 0.293 e. The molecule has 2 aromatic carbocycles. The second-order valence-corrected chi connectivity index (χ2v) is 7.42. The third kappa shape index (κ3) is 4.08. The molecular weight excluding hydrogens is 409 g/mol. The monoisotopic (exact) mass is 423 g/mol. The van der Waals surface area contributed by atoms with Gasteiger partial charge in [0.25, 0.3) is 11.1 Å². The molecule has 0 aromatic heterocycles. The van der Waals surface area contributed by atoms with E-state index in [9.17, 15) is 9.59 Å². The molecular formula is C19H15Cl2NO4S. The summed E-state index contributed by atoms with van der Waals surface area (Å²) in [4.78, 5) is 26.5. The summed E-state index contributed by atoms with van der Waals surface area (Å²) in [6.07, 6.45) is 1.62. The lowest BCUT2D eigenvalue weighted by Gasteiger charge is -2.14. The fourth-order valence-electron chi connectivity index (χ4n) is 2.62. The van der Waals surface area contributed by atoms with Crippen molar-refractivity contribution in [2.45, 2.75) is 6.54 Å². The number of imide groups is 1. The number of carbonyl (C=O) groups is 2. The van der Waals surface area contributed by atoms with Gasteiger partial charge >= 0.3 is 0 Å². The fourth-order valence-corrected chi connectivity index (χ4v) is 3.92. The summed E-state index contributed by atoms with van der Waals surface area (Å²) in [5.41, 5.74) is 1.29. The quantitative estimate of drug-likeness (QED) is 0.614. The standard InChI is InChI=1S/C19H15Cl2NO4S/c1-25-15-5-3-4-11(17(15)26-2)8-16-18(23)22(19(24)27-16)10-12-6-7-13(20)9-14(12)21/h3-9H,10H2,1-2H3/b16-8+. The number of amides is 2. The van der Waals surface area contributed by atoms with Crippen LogP contribution in [0.15, 0.2) is 41.3 Å². The van der Waals surface area contributed by atoms with Crippen LogP contribution in [-0.2, 0) is 11.3 Å². The van der Waals surface area contributed by atoms with Crippen molar-refractivity contribution in [3.05, 3.63) is 62.5 Å². The smallest absolute Gasteiger partial charge is 0.293 e. The highest BCUT2D eigenvalue weighted by Gasteiger charge is 2.35. The molecule has 5 nitrogen and oxygen atoms in total. The van der Waals surface area contributed by atoms with E-state index in [1.54, 1.807) is 42.5 Å². The summed E-state index contributed by atoms with van der Waals surface area (Å²) in [6, 6.07) is 10.3.